The van der Waals surface area contributed by atoms with Crippen LogP contribution < -0.4 is 0 Å². The number of aromatic nitrogens is 1. The monoisotopic (exact) mass is 238 g/mol. The van der Waals surface area contributed by atoms with E-state index in [-0.39, 0.29) is 10.6 Å². The van der Waals surface area contributed by atoms with Crippen LogP contribution in [0.25, 0.3) is 0 Å². The van der Waals surface area contributed by atoms with Gasteiger partial charge in [-0.3, -0.25) is 0 Å². The fourth-order valence-corrected chi connectivity index (χ4v) is 1.23. The van der Waals surface area contributed by atoms with Gasteiger partial charge in [-0.15, -0.1) is 0 Å². The van der Waals surface area contributed by atoms with Gasteiger partial charge in [-0.05, 0) is 9.91 Å². The molecule has 0 unspecified atom stereocenters. The lowest BCUT2D eigenvalue weighted by molar-refractivity contribution is -0.389. The molecule has 1 aromatic rings. The summed E-state index contributed by atoms with van der Waals surface area (Å²) in [6, 6.07) is 0.818. The van der Waals surface area contributed by atoms with Crippen molar-refractivity contribution in [3.05, 3.63) is 32.5 Å². The lowest BCUT2D eigenvalue weighted by Gasteiger charge is -2.03. The van der Waals surface area contributed by atoms with E-state index in [2.05, 4.69) is 4.98 Å². The highest BCUT2D eigenvalue weighted by atomic mass is 35.5. The first-order valence-electron chi connectivity index (χ1n) is 3.70. The molecule has 0 saturated carbocycles. The number of halogens is 3. The second-order valence-electron chi connectivity index (χ2n) is 2.54. The first kappa shape index (κ1) is 11.7. The van der Waals surface area contributed by atoms with E-state index in [1.54, 1.807) is 0 Å². The minimum absolute atomic E-state index is 0.294. The van der Waals surface area contributed by atoms with Crippen molar-refractivity contribution in [1.29, 1.82) is 0 Å². The van der Waals surface area contributed by atoms with E-state index in [1.807, 2.05) is 0 Å². The second kappa shape index (κ2) is 4.45. The van der Waals surface area contributed by atoms with E-state index >= 15 is 0 Å². The number of pyridine rings is 1. The van der Waals surface area contributed by atoms with Crippen LogP contribution in [-0.2, 0) is 6.61 Å². The molecule has 1 rings (SSSR count). The van der Waals surface area contributed by atoms with Crippen LogP contribution in [0.15, 0.2) is 6.07 Å². The van der Waals surface area contributed by atoms with E-state index in [4.69, 9.17) is 16.7 Å². The van der Waals surface area contributed by atoms with Crippen molar-refractivity contribution in [3.8, 4) is 0 Å². The highest BCUT2D eigenvalue weighted by molar-refractivity contribution is 6.31. The van der Waals surface area contributed by atoms with Gasteiger partial charge < -0.3 is 15.2 Å². The molecule has 0 amide bonds. The normalized spacial score (nSPS) is 10.7. The van der Waals surface area contributed by atoms with Gasteiger partial charge in [-0.25, -0.2) is 8.78 Å². The van der Waals surface area contributed by atoms with Gasteiger partial charge in [0.25, 0.3) is 0 Å². The third-order valence-electron chi connectivity index (χ3n) is 1.64. The molecule has 0 radical (unpaired) electrons. The van der Waals surface area contributed by atoms with Crippen LogP contribution in [-0.4, -0.2) is 15.0 Å². The molecular formula is C7H5ClF2N2O3. The number of alkyl halides is 2. The van der Waals surface area contributed by atoms with E-state index < -0.39 is 29.5 Å². The molecule has 0 saturated heterocycles. The summed E-state index contributed by atoms with van der Waals surface area (Å²) >= 11 is 5.49. The quantitative estimate of drug-likeness (QED) is 0.646. The Balaban J connectivity index is 3.38. The Kier molecular flexibility index (Phi) is 3.48. The van der Waals surface area contributed by atoms with Crippen molar-refractivity contribution in [2.24, 2.45) is 0 Å². The molecule has 1 N–H and O–H groups in total. The van der Waals surface area contributed by atoms with Crippen LogP contribution in [0.5, 0.6) is 0 Å². The molecule has 1 heterocycles. The molecule has 15 heavy (non-hydrogen) atoms. The lowest BCUT2D eigenvalue weighted by Crippen LogP contribution is -2.03. The number of aliphatic hydroxyl groups excluding tert-OH is 1. The molecule has 1 aromatic heterocycles. The number of nitro groups is 1. The van der Waals surface area contributed by atoms with Crippen LogP contribution >= 0.6 is 11.6 Å². The average molecular weight is 239 g/mol. The maximum absolute atomic E-state index is 12.4. The van der Waals surface area contributed by atoms with Gasteiger partial charge in [0, 0.05) is 5.56 Å². The molecule has 0 spiro atoms. The van der Waals surface area contributed by atoms with Gasteiger partial charge in [0.1, 0.15) is 0 Å². The third-order valence-corrected chi connectivity index (χ3v) is 1.98. The van der Waals surface area contributed by atoms with Crippen molar-refractivity contribution in [2.45, 2.75) is 13.0 Å². The summed E-state index contributed by atoms with van der Waals surface area (Å²) in [6.07, 6.45) is -3.02. The summed E-state index contributed by atoms with van der Waals surface area (Å²) in [5, 5.41) is 18.8. The van der Waals surface area contributed by atoms with E-state index in [1.165, 1.54) is 0 Å². The van der Waals surface area contributed by atoms with Crippen molar-refractivity contribution in [3.63, 3.8) is 0 Å². The molecule has 8 heteroatoms. The lowest BCUT2D eigenvalue weighted by atomic mass is 10.2. The van der Waals surface area contributed by atoms with Gasteiger partial charge in [-0.2, -0.15) is 0 Å². The zero-order valence-electron chi connectivity index (χ0n) is 7.15. The summed E-state index contributed by atoms with van der Waals surface area (Å²) in [6.45, 7) is -0.747. The number of hydrogen-bond donors (Lipinski definition) is 1. The number of aliphatic hydroxyl groups is 1. The van der Waals surface area contributed by atoms with Crippen LogP contribution in [0.1, 0.15) is 17.7 Å². The Bertz CT molecular complexity index is 400. The maximum Gasteiger partial charge on any atom is 0.365 e. The van der Waals surface area contributed by atoms with Crippen LogP contribution in [0, 0.1) is 10.1 Å². The predicted octanol–water partition coefficient (Wildman–Crippen LogP) is 2.07. The Hall–Kier alpha value is -1.34. The van der Waals surface area contributed by atoms with Gasteiger partial charge in [0.2, 0.25) is 5.69 Å². The van der Waals surface area contributed by atoms with Gasteiger partial charge in [-0.1, -0.05) is 11.6 Å². The topological polar surface area (TPSA) is 76.3 Å². The average Bonchev–Trinajstić information content (AvgIpc) is 2.16. The minimum Gasteiger partial charge on any atom is -0.391 e. The molecule has 82 valence electrons. The third kappa shape index (κ3) is 2.37. The van der Waals surface area contributed by atoms with E-state index in [0.717, 1.165) is 6.07 Å². The summed E-state index contributed by atoms with van der Waals surface area (Å²) < 4.78 is 24.8. The summed E-state index contributed by atoms with van der Waals surface area (Å²) in [5.74, 6) is -0.771. The van der Waals surface area contributed by atoms with Crippen molar-refractivity contribution < 1.29 is 18.8 Å². The fraction of sp³-hybridized carbons (Fsp3) is 0.286. The molecular weight excluding hydrogens is 234 g/mol. The number of rotatable bonds is 3. The zero-order chi connectivity index (χ0) is 11.6. The second-order valence-corrected chi connectivity index (χ2v) is 2.95. The molecule has 0 aliphatic carbocycles. The van der Waals surface area contributed by atoms with Crippen LogP contribution in [0.4, 0.5) is 14.6 Å². The Labute approximate surface area is 87.5 Å². The molecule has 0 bridgehead atoms. The zero-order valence-corrected chi connectivity index (χ0v) is 7.91. The highest BCUT2D eigenvalue weighted by Gasteiger charge is 2.26. The van der Waals surface area contributed by atoms with E-state index in [0.29, 0.717) is 0 Å². The Morgan fingerprint density at radius 3 is 2.67 bits per heavy atom. The molecule has 5 nitrogen and oxygen atoms in total. The molecule has 0 atom stereocenters. The smallest absolute Gasteiger partial charge is 0.365 e. The molecule has 0 aromatic carbocycles. The van der Waals surface area contributed by atoms with Gasteiger partial charge >= 0.3 is 12.2 Å². The summed E-state index contributed by atoms with van der Waals surface area (Å²) in [7, 11) is 0. The van der Waals surface area contributed by atoms with Crippen LogP contribution in [0.3, 0.4) is 0 Å². The van der Waals surface area contributed by atoms with Gasteiger partial charge in [0.05, 0.1) is 17.7 Å². The Morgan fingerprint density at radius 1 is 1.67 bits per heavy atom. The highest BCUT2D eigenvalue weighted by Crippen LogP contribution is 2.29. The standard InChI is InChI=1S/C7H5ClF2N2O3/c8-4-1-5(12(14)15)11-6(7(9)10)3(4)2-13/h1,7,13H,2H2. The van der Waals surface area contributed by atoms with Crippen molar-refractivity contribution in [1.82, 2.24) is 4.98 Å². The predicted molar refractivity (Wildman–Crippen MR) is 46.8 cm³/mol. The van der Waals surface area contributed by atoms with Crippen molar-refractivity contribution in [2.75, 3.05) is 0 Å². The fourth-order valence-electron chi connectivity index (χ4n) is 0.977. The molecule has 0 fully saturated rings. The largest absolute Gasteiger partial charge is 0.391 e. The first-order valence-corrected chi connectivity index (χ1v) is 4.08. The maximum atomic E-state index is 12.4. The molecule has 0 aliphatic heterocycles. The van der Waals surface area contributed by atoms with Crippen molar-refractivity contribution >= 4 is 17.4 Å². The Morgan fingerprint density at radius 2 is 2.27 bits per heavy atom. The summed E-state index contributed by atoms with van der Waals surface area (Å²) in [5.41, 5.74) is -1.16. The number of hydrogen-bond acceptors (Lipinski definition) is 4. The summed E-state index contributed by atoms with van der Waals surface area (Å²) in [4.78, 5) is 12.5. The van der Waals surface area contributed by atoms with E-state index in [9.17, 15) is 18.9 Å². The minimum atomic E-state index is -3.02. The first-order chi connectivity index (χ1) is 6.97. The number of nitrogens with zero attached hydrogens (tertiary/aromatic N) is 2. The molecule has 0 aliphatic rings. The van der Waals surface area contributed by atoms with Gasteiger partial charge in [0.15, 0.2) is 0 Å². The SMILES string of the molecule is O=[N+]([O-])c1cc(Cl)c(CO)c(C(F)F)n1. The van der Waals surface area contributed by atoms with Crippen LogP contribution in [0.2, 0.25) is 5.02 Å².